The molecule has 0 aliphatic carbocycles. The molecule has 3 saturated heterocycles. The van der Waals surface area contributed by atoms with E-state index in [0.29, 0.717) is 45.8 Å². The Bertz CT molecular complexity index is 794. The third kappa shape index (κ3) is 6.35. The number of urea groups is 1. The maximum atomic E-state index is 13.2. The van der Waals surface area contributed by atoms with Gasteiger partial charge in [-0.2, -0.15) is 0 Å². The van der Waals surface area contributed by atoms with Crippen LogP contribution in [-0.4, -0.2) is 93.9 Å². The highest BCUT2D eigenvalue weighted by Gasteiger charge is 2.34. The molecule has 2 atom stereocenters. The monoisotopic (exact) mass is 462 g/mol. The summed E-state index contributed by atoms with van der Waals surface area (Å²) in [6, 6.07) is 6.70. The second-order valence-electron chi connectivity index (χ2n) is 9.47. The predicted octanol–water partition coefficient (Wildman–Crippen LogP) is -0.549. The summed E-state index contributed by atoms with van der Waals surface area (Å²) in [5, 5.41) is 11.3. The summed E-state index contributed by atoms with van der Waals surface area (Å²) >= 11 is 0. The molecule has 0 aromatic heterocycles. The first kappa shape index (κ1) is 23.8. The van der Waals surface area contributed by atoms with Gasteiger partial charge in [0.15, 0.2) is 0 Å². The number of ether oxygens (including phenoxy) is 1. The van der Waals surface area contributed by atoms with Gasteiger partial charge in [0.25, 0.3) is 0 Å². The number of benzene rings is 1. The number of piperazine rings is 1. The molecule has 4 rings (SSSR count). The van der Waals surface area contributed by atoms with Gasteiger partial charge in [-0.1, -0.05) is 0 Å². The zero-order valence-corrected chi connectivity index (χ0v) is 19.2. The van der Waals surface area contributed by atoms with E-state index in [9.17, 15) is 19.1 Å². The van der Waals surface area contributed by atoms with Gasteiger partial charge in [-0.15, -0.1) is 0 Å². The van der Waals surface area contributed by atoms with Crippen molar-refractivity contribution in [2.75, 3.05) is 77.0 Å². The number of anilines is 1. The molecular formula is C24H35FN4O4. The molecule has 1 aromatic rings. The number of halogens is 1. The molecule has 33 heavy (non-hydrogen) atoms. The number of hydrogen-bond donors (Lipinski definition) is 1. The van der Waals surface area contributed by atoms with Crippen LogP contribution in [0.25, 0.3) is 0 Å². The highest BCUT2D eigenvalue weighted by molar-refractivity contribution is 5.74. The number of rotatable bonds is 6. The van der Waals surface area contributed by atoms with Crippen molar-refractivity contribution in [2.45, 2.75) is 19.3 Å². The molecule has 3 aliphatic rings. The minimum Gasteiger partial charge on any atom is -0.550 e. The van der Waals surface area contributed by atoms with E-state index in [2.05, 4.69) is 4.90 Å². The topological polar surface area (TPSA) is 80.6 Å². The molecule has 3 fully saturated rings. The largest absolute Gasteiger partial charge is 0.550 e. The summed E-state index contributed by atoms with van der Waals surface area (Å²) in [6.45, 7) is 8.37. The SMILES string of the molecule is O=C([O-])C[C@@H]1CCN(C(=O)N2CCOCC2)C[C@@H]1CC[NH+]1CCN(c2ccc(F)cc2)CC1. The summed E-state index contributed by atoms with van der Waals surface area (Å²) in [5.41, 5.74) is 1.05. The fourth-order valence-electron chi connectivity index (χ4n) is 5.39. The van der Waals surface area contributed by atoms with E-state index in [-0.39, 0.29) is 30.1 Å². The standard InChI is InChI=1S/C24H35FN4O4/c25-21-1-3-22(4-2-21)27-11-9-26(10-12-27)7-5-20-18-29(8-6-19(20)17-23(30)31)24(32)28-13-15-33-16-14-28/h1-4,19-20H,5-18H2,(H,30,31)/t19-,20-/m0/s1. The van der Waals surface area contributed by atoms with Crippen LogP contribution >= 0.6 is 0 Å². The minimum atomic E-state index is -1.00. The van der Waals surface area contributed by atoms with Crippen LogP contribution in [0.3, 0.4) is 0 Å². The molecule has 8 nitrogen and oxygen atoms in total. The number of piperidine rings is 1. The van der Waals surface area contributed by atoms with E-state index in [1.807, 2.05) is 21.9 Å². The van der Waals surface area contributed by atoms with Crippen molar-refractivity contribution in [3.8, 4) is 0 Å². The number of carbonyl (C=O) groups excluding carboxylic acids is 2. The van der Waals surface area contributed by atoms with Crippen molar-refractivity contribution in [1.82, 2.24) is 9.80 Å². The van der Waals surface area contributed by atoms with E-state index in [1.165, 1.54) is 17.0 Å². The van der Waals surface area contributed by atoms with E-state index in [1.54, 1.807) is 0 Å². The van der Waals surface area contributed by atoms with E-state index < -0.39 is 5.97 Å². The molecule has 1 N–H and O–H groups in total. The summed E-state index contributed by atoms with van der Waals surface area (Å²) in [5.74, 6) is -0.992. The lowest BCUT2D eigenvalue weighted by Crippen LogP contribution is -3.15. The molecule has 2 amide bonds. The summed E-state index contributed by atoms with van der Waals surface area (Å²) in [6.07, 6.45) is 1.68. The molecule has 3 heterocycles. The first-order valence-corrected chi connectivity index (χ1v) is 12.1. The molecule has 0 saturated carbocycles. The molecule has 182 valence electrons. The maximum Gasteiger partial charge on any atom is 0.320 e. The highest BCUT2D eigenvalue weighted by Crippen LogP contribution is 2.29. The Kier molecular flexibility index (Phi) is 8.03. The van der Waals surface area contributed by atoms with Crippen LogP contribution in [0.4, 0.5) is 14.9 Å². The lowest BCUT2D eigenvalue weighted by Gasteiger charge is -2.42. The van der Waals surface area contributed by atoms with Crippen molar-refractivity contribution in [3.05, 3.63) is 30.1 Å². The number of carboxylic acids is 1. The fourth-order valence-corrected chi connectivity index (χ4v) is 5.39. The Hall–Kier alpha value is -2.39. The number of aliphatic carboxylic acids is 1. The van der Waals surface area contributed by atoms with Gasteiger partial charge in [0.2, 0.25) is 0 Å². The van der Waals surface area contributed by atoms with Crippen LogP contribution < -0.4 is 14.9 Å². The average molecular weight is 463 g/mol. The van der Waals surface area contributed by atoms with Crippen molar-refractivity contribution in [3.63, 3.8) is 0 Å². The normalized spacial score (nSPS) is 24.7. The van der Waals surface area contributed by atoms with Gasteiger partial charge in [0.1, 0.15) is 5.82 Å². The van der Waals surface area contributed by atoms with Crippen LogP contribution in [0.1, 0.15) is 19.3 Å². The Labute approximate surface area is 194 Å². The first-order chi connectivity index (χ1) is 16.0. The second-order valence-corrected chi connectivity index (χ2v) is 9.47. The minimum absolute atomic E-state index is 0.0514. The number of carboxylic acid groups (broad SMARTS) is 1. The molecule has 0 bridgehead atoms. The summed E-state index contributed by atoms with van der Waals surface area (Å²) in [4.78, 5) is 31.8. The molecule has 1 aromatic carbocycles. The van der Waals surface area contributed by atoms with E-state index in [0.717, 1.165) is 44.8 Å². The van der Waals surface area contributed by atoms with Crippen LogP contribution in [0, 0.1) is 17.7 Å². The predicted molar refractivity (Wildman–Crippen MR) is 119 cm³/mol. The van der Waals surface area contributed by atoms with Crippen LogP contribution in [0.15, 0.2) is 24.3 Å². The second kappa shape index (κ2) is 11.2. The van der Waals surface area contributed by atoms with Gasteiger partial charge in [0.05, 0.1) is 45.9 Å². The zero-order chi connectivity index (χ0) is 23.2. The lowest BCUT2D eigenvalue weighted by atomic mass is 9.81. The van der Waals surface area contributed by atoms with E-state index in [4.69, 9.17) is 4.74 Å². The summed E-state index contributed by atoms with van der Waals surface area (Å²) < 4.78 is 18.5. The first-order valence-electron chi connectivity index (χ1n) is 12.1. The zero-order valence-electron chi connectivity index (χ0n) is 19.2. The Morgan fingerprint density at radius 3 is 2.36 bits per heavy atom. The van der Waals surface area contributed by atoms with Crippen LogP contribution in [0.2, 0.25) is 0 Å². The number of hydrogen-bond acceptors (Lipinski definition) is 5. The Balaban J connectivity index is 1.29. The maximum absolute atomic E-state index is 13.2. The number of morpholine rings is 1. The summed E-state index contributed by atoms with van der Waals surface area (Å²) in [7, 11) is 0. The van der Waals surface area contributed by atoms with Gasteiger partial charge in [-0.3, -0.25) is 0 Å². The third-order valence-corrected chi connectivity index (χ3v) is 7.40. The van der Waals surface area contributed by atoms with Gasteiger partial charge >= 0.3 is 6.03 Å². The molecule has 9 heteroatoms. The Morgan fingerprint density at radius 1 is 1.00 bits per heavy atom. The van der Waals surface area contributed by atoms with Gasteiger partial charge < -0.3 is 34.2 Å². The van der Waals surface area contributed by atoms with Crippen LogP contribution in [0.5, 0.6) is 0 Å². The Morgan fingerprint density at radius 2 is 1.70 bits per heavy atom. The van der Waals surface area contributed by atoms with Crippen molar-refractivity contribution >= 4 is 17.7 Å². The number of amides is 2. The number of quaternary nitrogens is 1. The average Bonchev–Trinajstić information content (AvgIpc) is 2.84. The van der Waals surface area contributed by atoms with Crippen molar-refractivity contribution in [1.29, 1.82) is 0 Å². The lowest BCUT2D eigenvalue weighted by molar-refractivity contribution is -0.901. The fraction of sp³-hybridized carbons (Fsp3) is 0.667. The molecule has 3 aliphatic heterocycles. The smallest absolute Gasteiger partial charge is 0.320 e. The molecule has 0 radical (unpaired) electrons. The number of likely N-dealkylation sites (tertiary alicyclic amines) is 1. The number of nitrogens with one attached hydrogen (secondary N) is 1. The number of nitrogens with zero attached hydrogens (tertiary/aromatic N) is 3. The van der Waals surface area contributed by atoms with Crippen LogP contribution in [-0.2, 0) is 9.53 Å². The van der Waals surface area contributed by atoms with Gasteiger partial charge in [-0.25, -0.2) is 9.18 Å². The highest BCUT2D eigenvalue weighted by atomic mass is 19.1. The van der Waals surface area contributed by atoms with Gasteiger partial charge in [0, 0.05) is 44.3 Å². The quantitative estimate of drug-likeness (QED) is 0.614. The molecule has 0 spiro atoms. The van der Waals surface area contributed by atoms with E-state index >= 15 is 0 Å². The molecule has 0 unspecified atom stereocenters. The third-order valence-electron chi connectivity index (χ3n) is 7.40. The van der Waals surface area contributed by atoms with Gasteiger partial charge in [-0.05, 0) is 48.9 Å². The van der Waals surface area contributed by atoms with Crippen molar-refractivity contribution < 1.29 is 28.7 Å². The number of carbonyl (C=O) groups is 2. The molecular weight excluding hydrogens is 427 g/mol. The van der Waals surface area contributed by atoms with Crippen molar-refractivity contribution in [2.24, 2.45) is 11.8 Å².